The van der Waals surface area contributed by atoms with Crippen molar-refractivity contribution >= 4 is 21.9 Å². The van der Waals surface area contributed by atoms with Crippen molar-refractivity contribution in [1.82, 2.24) is 0 Å². The molecule has 0 amide bonds. The highest BCUT2D eigenvalue weighted by molar-refractivity contribution is 9.09. The molecule has 0 spiro atoms. The maximum Gasteiger partial charge on any atom is 0.339 e. The Morgan fingerprint density at radius 3 is 2.50 bits per heavy atom. The smallest absolute Gasteiger partial charge is 0.339 e. The molecule has 0 saturated heterocycles. The molecule has 0 radical (unpaired) electrons. The maximum absolute atomic E-state index is 11.5. The summed E-state index contributed by atoms with van der Waals surface area (Å²) < 4.78 is 5.10. The van der Waals surface area contributed by atoms with Gasteiger partial charge in [-0.05, 0) is 41.4 Å². The second-order valence-electron chi connectivity index (χ2n) is 3.09. The Morgan fingerprint density at radius 1 is 1.43 bits per heavy atom. The van der Waals surface area contributed by atoms with E-state index in [1.807, 2.05) is 26.0 Å². The second-order valence-corrected chi connectivity index (χ2v) is 4.11. The molecule has 0 aliphatic rings. The summed E-state index contributed by atoms with van der Waals surface area (Å²) in [7, 11) is 0. The second kappa shape index (κ2) is 5.15. The van der Waals surface area contributed by atoms with Crippen molar-refractivity contribution < 1.29 is 9.53 Å². The fourth-order valence-corrected chi connectivity index (χ4v) is 1.13. The van der Waals surface area contributed by atoms with Crippen LogP contribution in [0.3, 0.4) is 0 Å². The van der Waals surface area contributed by atoms with E-state index in [0.29, 0.717) is 5.56 Å². The lowest BCUT2D eigenvalue weighted by molar-refractivity contribution is 0.0464. The molecule has 76 valence electrons. The first-order valence-corrected chi connectivity index (χ1v) is 5.46. The average Bonchev–Trinajstić information content (AvgIpc) is 2.18. The van der Waals surface area contributed by atoms with Crippen molar-refractivity contribution in [2.75, 3.05) is 0 Å². The van der Waals surface area contributed by atoms with E-state index < -0.39 is 0 Å². The molecular weight excluding hydrogens is 244 g/mol. The van der Waals surface area contributed by atoms with Crippen molar-refractivity contribution in [2.45, 2.75) is 25.3 Å². The fraction of sp³-hybridized carbons (Fsp3) is 0.364. The number of carbonyl (C=O) groups is 1. The minimum Gasteiger partial charge on any atom is -0.447 e. The van der Waals surface area contributed by atoms with Gasteiger partial charge in [-0.1, -0.05) is 24.6 Å². The zero-order valence-electron chi connectivity index (χ0n) is 8.29. The first kappa shape index (κ1) is 11.2. The zero-order valence-corrected chi connectivity index (χ0v) is 9.87. The van der Waals surface area contributed by atoms with Crippen molar-refractivity contribution in [3.63, 3.8) is 0 Å². The molecule has 14 heavy (non-hydrogen) atoms. The Kier molecular flexibility index (Phi) is 4.14. The molecule has 0 aromatic heterocycles. The summed E-state index contributed by atoms with van der Waals surface area (Å²) in [6.45, 7) is 3.93. The van der Waals surface area contributed by atoms with Crippen LogP contribution >= 0.6 is 15.9 Å². The summed E-state index contributed by atoms with van der Waals surface area (Å²) in [5.74, 6) is -0.284. The Labute approximate surface area is 92.4 Å². The van der Waals surface area contributed by atoms with Crippen LogP contribution in [0.15, 0.2) is 24.3 Å². The Balaban J connectivity index is 2.65. The monoisotopic (exact) mass is 256 g/mol. The third-order valence-corrected chi connectivity index (χ3v) is 2.68. The van der Waals surface area contributed by atoms with Crippen LogP contribution in [0.5, 0.6) is 0 Å². The third kappa shape index (κ3) is 3.14. The fourth-order valence-electron chi connectivity index (χ4n) is 0.957. The van der Waals surface area contributed by atoms with Crippen LogP contribution in [0.4, 0.5) is 0 Å². The summed E-state index contributed by atoms with van der Waals surface area (Å²) in [5, 5.41) is -0.198. The van der Waals surface area contributed by atoms with Gasteiger partial charge >= 0.3 is 5.97 Å². The number of rotatable bonds is 3. The van der Waals surface area contributed by atoms with Gasteiger partial charge in [-0.2, -0.15) is 0 Å². The van der Waals surface area contributed by atoms with Crippen molar-refractivity contribution in [1.29, 1.82) is 0 Å². The van der Waals surface area contributed by atoms with Crippen molar-refractivity contribution in [3.8, 4) is 0 Å². The summed E-state index contributed by atoms with van der Waals surface area (Å²) >= 11 is 3.25. The zero-order chi connectivity index (χ0) is 10.6. The molecule has 1 rings (SSSR count). The number of ether oxygens (including phenoxy) is 1. The predicted octanol–water partition coefficient (Wildman–Crippen LogP) is 3.28. The third-order valence-electron chi connectivity index (χ3n) is 1.84. The highest BCUT2D eigenvalue weighted by Gasteiger charge is 2.10. The minimum absolute atomic E-state index is 0.198. The Hall–Kier alpha value is -0.830. The number of alkyl halides is 1. The average molecular weight is 257 g/mol. The molecule has 0 aliphatic carbocycles. The van der Waals surface area contributed by atoms with E-state index in [4.69, 9.17) is 4.74 Å². The van der Waals surface area contributed by atoms with Gasteiger partial charge in [0, 0.05) is 0 Å². The quantitative estimate of drug-likeness (QED) is 0.613. The largest absolute Gasteiger partial charge is 0.447 e. The van der Waals surface area contributed by atoms with Crippen molar-refractivity contribution in [3.05, 3.63) is 35.4 Å². The molecule has 0 aliphatic heterocycles. The number of carbonyl (C=O) groups excluding carboxylic acids is 1. The van der Waals surface area contributed by atoms with E-state index in [2.05, 4.69) is 15.9 Å². The van der Waals surface area contributed by atoms with Gasteiger partial charge in [0.25, 0.3) is 0 Å². The number of benzene rings is 1. The van der Waals surface area contributed by atoms with Crippen LogP contribution in [0.1, 0.15) is 29.3 Å². The number of hydrogen-bond acceptors (Lipinski definition) is 2. The molecule has 1 aromatic carbocycles. The molecule has 0 saturated carbocycles. The van der Waals surface area contributed by atoms with E-state index in [-0.39, 0.29) is 11.0 Å². The minimum atomic E-state index is -0.284. The maximum atomic E-state index is 11.5. The number of hydrogen-bond donors (Lipinski definition) is 0. The Morgan fingerprint density at radius 2 is 2.00 bits per heavy atom. The van der Waals surface area contributed by atoms with Crippen LogP contribution in [0.2, 0.25) is 0 Å². The van der Waals surface area contributed by atoms with Crippen LogP contribution < -0.4 is 0 Å². The normalized spacial score (nSPS) is 12.2. The van der Waals surface area contributed by atoms with Gasteiger partial charge in [-0.3, -0.25) is 0 Å². The standard InChI is InChI=1S/C11H13BrO2/c1-3-10(12)14-11(13)9-6-4-8(2)5-7-9/h4-7,10H,3H2,1-2H3. The summed E-state index contributed by atoms with van der Waals surface area (Å²) in [5.41, 5.74) is 1.72. The lowest BCUT2D eigenvalue weighted by Gasteiger charge is -2.08. The first-order chi connectivity index (χ1) is 6.63. The first-order valence-electron chi connectivity index (χ1n) is 4.55. The van der Waals surface area contributed by atoms with Gasteiger partial charge in [0.15, 0.2) is 5.01 Å². The summed E-state index contributed by atoms with van der Waals surface area (Å²) in [6.07, 6.45) is 0.762. The molecule has 2 nitrogen and oxygen atoms in total. The summed E-state index contributed by atoms with van der Waals surface area (Å²) in [6, 6.07) is 7.33. The van der Waals surface area contributed by atoms with Crippen LogP contribution in [0.25, 0.3) is 0 Å². The van der Waals surface area contributed by atoms with Crippen LogP contribution in [0, 0.1) is 6.92 Å². The molecule has 1 aromatic rings. The molecule has 0 N–H and O–H groups in total. The molecule has 0 fully saturated rings. The molecule has 0 bridgehead atoms. The van der Waals surface area contributed by atoms with E-state index in [1.54, 1.807) is 12.1 Å². The lowest BCUT2D eigenvalue weighted by Crippen LogP contribution is -2.11. The van der Waals surface area contributed by atoms with Gasteiger partial charge < -0.3 is 4.74 Å². The highest BCUT2D eigenvalue weighted by Crippen LogP contribution is 2.11. The van der Waals surface area contributed by atoms with Crippen LogP contribution in [-0.4, -0.2) is 11.0 Å². The predicted molar refractivity (Wildman–Crippen MR) is 59.6 cm³/mol. The topological polar surface area (TPSA) is 26.3 Å². The van der Waals surface area contributed by atoms with Gasteiger partial charge in [-0.15, -0.1) is 0 Å². The molecule has 0 heterocycles. The molecule has 3 heteroatoms. The van der Waals surface area contributed by atoms with Crippen LogP contribution in [-0.2, 0) is 4.74 Å². The Bertz CT molecular complexity index is 306. The number of halogens is 1. The number of esters is 1. The summed E-state index contributed by atoms with van der Waals surface area (Å²) in [4.78, 5) is 11.5. The van der Waals surface area contributed by atoms with Gasteiger partial charge in [0.1, 0.15) is 0 Å². The molecule has 1 unspecified atom stereocenters. The van der Waals surface area contributed by atoms with Gasteiger partial charge in [0.2, 0.25) is 0 Å². The SMILES string of the molecule is CCC(Br)OC(=O)c1ccc(C)cc1. The highest BCUT2D eigenvalue weighted by atomic mass is 79.9. The van der Waals surface area contributed by atoms with E-state index >= 15 is 0 Å². The molecular formula is C11H13BrO2. The number of aryl methyl sites for hydroxylation is 1. The van der Waals surface area contributed by atoms with Gasteiger partial charge in [0.05, 0.1) is 5.56 Å². The van der Waals surface area contributed by atoms with E-state index in [0.717, 1.165) is 12.0 Å². The van der Waals surface area contributed by atoms with Crippen molar-refractivity contribution in [2.24, 2.45) is 0 Å². The van der Waals surface area contributed by atoms with Gasteiger partial charge in [-0.25, -0.2) is 4.79 Å². The lowest BCUT2D eigenvalue weighted by atomic mass is 10.1. The van der Waals surface area contributed by atoms with E-state index in [9.17, 15) is 4.79 Å². The van der Waals surface area contributed by atoms with E-state index in [1.165, 1.54) is 0 Å². The molecule has 1 atom stereocenters.